The minimum Gasteiger partial charge on any atom is -0.492 e. The fraction of sp³-hybridized carbons (Fsp3) is 0.500. The van der Waals surface area contributed by atoms with Crippen molar-refractivity contribution < 1.29 is 9.53 Å². The summed E-state index contributed by atoms with van der Waals surface area (Å²) in [6, 6.07) is 7.69. The summed E-state index contributed by atoms with van der Waals surface area (Å²) in [6.45, 7) is 3.62. The molecule has 0 heterocycles. The number of alkyl halides is 1. The molecule has 0 saturated carbocycles. The molecule has 0 bridgehead atoms. The molecule has 1 rings (SSSR count). The number of hydrogen-bond donors (Lipinski definition) is 1. The minimum atomic E-state index is -0.514. The molecule has 0 aromatic heterocycles. The first-order chi connectivity index (χ1) is 8.99. The van der Waals surface area contributed by atoms with Crippen LogP contribution < -0.4 is 10.1 Å². The lowest BCUT2D eigenvalue weighted by molar-refractivity contribution is -0.120. The number of carbonyl (C=O) groups is 1. The number of likely N-dealkylation sites (N-methyl/N-ethyl adjacent to an activating group) is 1. The van der Waals surface area contributed by atoms with Crippen LogP contribution in [0.3, 0.4) is 0 Å². The van der Waals surface area contributed by atoms with Crippen molar-refractivity contribution in [3.63, 3.8) is 0 Å². The van der Waals surface area contributed by atoms with E-state index in [1.165, 1.54) is 0 Å². The highest BCUT2D eigenvalue weighted by atomic mass is 35.5. The standard InChI is InChI=1S/C14H21ClN2O2/c1-11(15)14(18)16-10-12-5-4-6-13(9-12)19-8-7-17(2)3/h4-6,9,11H,7-8,10H2,1-3H3,(H,16,18). The summed E-state index contributed by atoms with van der Waals surface area (Å²) < 4.78 is 5.63. The molecule has 1 N–H and O–H groups in total. The van der Waals surface area contributed by atoms with Crippen LogP contribution in [0.25, 0.3) is 0 Å². The van der Waals surface area contributed by atoms with Crippen LogP contribution in [0.1, 0.15) is 12.5 Å². The highest BCUT2D eigenvalue weighted by Gasteiger charge is 2.08. The van der Waals surface area contributed by atoms with E-state index in [1.54, 1.807) is 6.92 Å². The number of nitrogens with zero attached hydrogens (tertiary/aromatic N) is 1. The third-order valence-electron chi connectivity index (χ3n) is 2.53. The molecule has 19 heavy (non-hydrogen) atoms. The molecule has 0 spiro atoms. The van der Waals surface area contributed by atoms with Crippen LogP contribution in [0.2, 0.25) is 0 Å². The average molecular weight is 285 g/mol. The van der Waals surface area contributed by atoms with Gasteiger partial charge in [0.1, 0.15) is 17.7 Å². The molecule has 0 radical (unpaired) electrons. The Labute approximate surface area is 119 Å². The van der Waals surface area contributed by atoms with E-state index in [1.807, 2.05) is 38.4 Å². The third kappa shape index (κ3) is 6.45. The summed E-state index contributed by atoms with van der Waals surface area (Å²) in [5, 5.41) is 2.25. The lowest BCUT2D eigenvalue weighted by Gasteiger charge is -2.12. The predicted molar refractivity (Wildman–Crippen MR) is 77.7 cm³/mol. The van der Waals surface area contributed by atoms with Crippen LogP contribution >= 0.6 is 11.6 Å². The van der Waals surface area contributed by atoms with Crippen LogP contribution in [0, 0.1) is 0 Å². The van der Waals surface area contributed by atoms with Gasteiger partial charge in [-0.2, -0.15) is 0 Å². The lowest BCUT2D eigenvalue weighted by Crippen LogP contribution is -2.29. The van der Waals surface area contributed by atoms with Crippen molar-refractivity contribution in [1.82, 2.24) is 10.2 Å². The van der Waals surface area contributed by atoms with Gasteiger partial charge in [-0.15, -0.1) is 11.6 Å². The van der Waals surface area contributed by atoms with Crippen molar-refractivity contribution in [3.8, 4) is 5.75 Å². The van der Waals surface area contributed by atoms with E-state index < -0.39 is 5.38 Å². The van der Waals surface area contributed by atoms with Crippen LogP contribution in [-0.4, -0.2) is 43.4 Å². The normalized spacial score (nSPS) is 12.3. The molecular formula is C14H21ClN2O2. The molecule has 0 aliphatic carbocycles. The number of halogens is 1. The van der Waals surface area contributed by atoms with E-state index in [0.717, 1.165) is 17.9 Å². The highest BCUT2D eigenvalue weighted by molar-refractivity contribution is 6.30. The zero-order valence-electron chi connectivity index (χ0n) is 11.6. The molecule has 1 atom stereocenters. The number of benzene rings is 1. The number of nitrogens with one attached hydrogen (secondary N) is 1. The Morgan fingerprint density at radius 1 is 1.47 bits per heavy atom. The lowest BCUT2D eigenvalue weighted by atomic mass is 10.2. The maximum Gasteiger partial charge on any atom is 0.238 e. The Morgan fingerprint density at radius 3 is 2.84 bits per heavy atom. The number of hydrogen-bond acceptors (Lipinski definition) is 3. The van der Waals surface area contributed by atoms with E-state index in [4.69, 9.17) is 16.3 Å². The molecule has 4 nitrogen and oxygen atoms in total. The SMILES string of the molecule is CC(Cl)C(=O)NCc1cccc(OCCN(C)C)c1. The summed E-state index contributed by atoms with van der Waals surface area (Å²) in [7, 11) is 4.01. The molecular weight excluding hydrogens is 264 g/mol. The fourth-order valence-electron chi connectivity index (χ4n) is 1.42. The molecule has 1 unspecified atom stereocenters. The molecule has 1 aromatic carbocycles. The van der Waals surface area contributed by atoms with Gasteiger partial charge >= 0.3 is 0 Å². The second kappa shape index (κ2) is 8.02. The number of rotatable bonds is 7. The van der Waals surface area contributed by atoms with Crippen molar-refractivity contribution in [2.75, 3.05) is 27.2 Å². The molecule has 0 aliphatic rings. The second-order valence-corrected chi connectivity index (χ2v) is 5.29. The van der Waals surface area contributed by atoms with Gasteiger partial charge in [0.15, 0.2) is 0 Å². The molecule has 0 fully saturated rings. The first-order valence-corrected chi connectivity index (χ1v) is 6.71. The summed E-state index contributed by atoms with van der Waals surface area (Å²) in [4.78, 5) is 13.4. The highest BCUT2D eigenvalue weighted by Crippen LogP contribution is 2.13. The smallest absolute Gasteiger partial charge is 0.238 e. The van der Waals surface area contributed by atoms with Crippen LogP contribution in [-0.2, 0) is 11.3 Å². The largest absolute Gasteiger partial charge is 0.492 e. The van der Waals surface area contributed by atoms with Crippen molar-refractivity contribution in [2.45, 2.75) is 18.8 Å². The maximum absolute atomic E-state index is 11.4. The Morgan fingerprint density at radius 2 is 2.21 bits per heavy atom. The molecule has 0 aliphatic heterocycles. The van der Waals surface area contributed by atoms with E-state index in [9.17, 15) is 4.79 Å². The van der Waals surface area contributed by atoms with Gasteiger partial charge < -0.3 is 15.0 Å². The Kier molecular flexibility index (Phi) is 6.67. The van der Waals surface area contributed by atoms with Crippen molar-refractivity contribution in [2.24, 2.45) is 0 Å². The fourth-order valence-corrected chi connectivity index (χ4v) is 1.50. The van der Waals surface area contributed by atoms with Gasteiger partial charge in [0.05, 0.1) is 0 Å². The monoisotopic (exact) mass is 284 g/mol. The summed E-state index contributed by atoms with van der Waals surface area (Å²) in [5.41, 5.74) is 0.994. The van der Waals surface area contributed by atoms with Crippen LogP contribution in [0.4, 0.5) is 0 Å². The predicted octanol–water partition coefficient (Wildman–Crippen LogP) is 1.87. The summed E-state index contributed by atoms with van der Waals surface area (Å²) in [5.74, 6) is 0.646. The zero-order valence-corrected chi connectivity index (χ0v) is 12.4. The minimum absolute atomic E-state index is 0.166. The van der Waals surface area contributed by atoms with E-state index in [2.05, 4.69) is 10.2 Å². The summed E-state index contributed by atoms with van der Waals surface area (Å²) in [6.07, 6.45) is 0. The average Bonchev–Trinajstić information content (AvgIpc) is 2.36. The first kappa shape index (κ1) is 15.8. The van der Waals surface area contributed by atoms with Crippen LogP contribution in [0.5, 0.6) is 5.75 Å². The maximum atomic E-state index is 11.4. The van der Waals surface area contributed by atoms with Gasteiger partial charge in [0.25, 0.3) is 0 Å². The van der Waals surface area contributed by atoms with E-state index in [-0.39, 0.29) is 5.91 Å². The molecule has 0 saturated heterocycles. The third-order valence-corrected chi connectivity index (χ3v) is 2.73. The van der Waals surface area contributed by atoms with Crippen LogP contribution in [0.15, 0.2) is 24.3 Å². The molecule has 1 amide bonds. The van der Waals surface area contributed by atoms with E-state index in [0.29, 0.717) is 13.2 Å². The van der Waals surface area contributed by atoms with Gasteiger partial charge in [0.2, 0.25) is 5.91 Å². The number of ether oxygens (including phenoxy) is 1. The Balaban J connectivity index is 2.45. The van der Waals surface area contributed by atoms with Gasteiger partial charge in [-0.3, -0.25) is 4.79 Å². The number of amides is 1. The van der Waals surface area contributed by atoms with E-state index >= 15 is 0 Å². The molecule has 5 heteroatoms. The quantitative estimate of drug-likeness (QED) is 0.777. The van der Waals surface area contributed by atoms with Gasteiger partial charge in [-0.1, -0.05) is 12.1 Å². The van der Waals surface area contributed by atoms with Crippen molar-refractivity contribution in [3.05, 3.63) is 29.8 Å². The Bertz CT molecular complexity index is 408. The second-order valence-electron chi connectivity index (χ2n) is 4.63. The van der Waals surface area contributed by atoms with Crippen molar-refractivity contribution in [1.29, 1.82) is 0 Å². The molecule has 106 valence electrons. The zero-order chi connectivity index (χ0) is 14.3. The van der Waals surface area contributed by atoms with Gasteiger partial charge in [-0.25, -0.2) is 0 Å². The Hall–Kier alpha value is -1.26. The van der Waals surface area contributed by atoms with Gasteiger partial charge in [-0.05, 0) is 38.7 Å². The van der Waals surface area contributed by atoms with Crippen molar-refractivity contribution >= 4 is 17.5 Å². The number of carbonyl (C=O) groups excluding carboxylic acids is 1. The topological polar surface area (TPSA) is 41.6 Å². The summed E-state index contributed by atoms with van der Waals surface area (Å²) >= 11 is 5.68. The van der Waals surface area contributed by atoms with Gasteiger partial charge in [0, 0.05) is 13.1 Å². The first-order valence-electron chi connectivity index (χ1n) is 6.27. The molecule has 1 aromatic rings.